The van der Waals surface area contributed by atoms with Gasteiger partial charge in [-0.25, -0.2) is 8.42 Å². The maximum absolute atomic E-state index is 11.3. The summed E-state index contributed by atoms with van der Waals surface area (Å²) in [6.07, 6.45) is 8.82. The number of nitrogens with two attached hydrogens (primary N) is 1. The molecule has 1 heterocycles. The van der Waals surface area contributed by atoms with Gasteiger partial charge in [0.25, 0.3) is 0 Å². The lowest BCUT2D eigenvalue weighted by Crippen LogP contribution is -2.37. The monoisotopic (exact) mass is 245 g/mol. The van der Waals surface area contributed by atoms with Gasteiger partial charge in [-0.1, -0.05) is 12.8 Å². The molecule has 0 amide bonds. The lowest BCUT2D eigenvalue weighted by molar-refractivity contribution is 0.332. The van der Waals surface area contributed by atoms with Crippen LogP contribution in [0.5, 0.6) is 0 Å². The van der Waals surface area contributed by atoms with E-state index in [0.29, 0.717) is 17.4 Å². The number of hydrogen-bond acceptors (Lipinski definition) is 3. The van der Waals surface area contributed by atoms with Crippen molar-refractivity contribution in [3.05, 3.63) is 0 Å². The fraction of sp³-hybridized carbons (Fsp3) is 1.00. The maximum atomic E-state index is 11.3. The Morgan fingerprint density at radius 1 is 1.12 bits per heavy atom. The van der Waals surface area contributed by atoms with Crippen LogP contribution >= 0.6 is 0 Å². The van der Waals surface area contributed by atoms with Crippen LogP contribution in [0.1, 0.15) is 51.4 Å². The van der Waals surface area contributed by atoms with E-state index in [2.05, 4.69) is 0 Å². The highest BCUT2D eigenvalue weighted by atomic mass is 32.2. The fourth-order valence-corrected chi connectivity index (χ4v) is 4.64. The molecule has 4 heteroatoms. The molecular formula is C12H23NO2S. The van der Waals surface area contributed by atoms with Crippen LogP contribution in [-0.4, -0.2) is 25.5 Å². The van der Waals surface area contributed by atoms with Gasteiger partial charge in [-0.05, 0) is 44.4 Å². The molecule has 0 atom stereocenters. The minimum Gasteiger partial charge on any atom is -0.325 e. The Kier molecular flexibility index (Phi) is 3.59. The van der Waals surface area contributed by atoms with Crippen molar-refractivity contribution in [2.45, 2.75) is 56.9 Å². The molecule has 0 aromatic carbocycles. The summed E-state index contributed by atoms with van der Waals surface area (Å²) in [6, 6.07) is 0. The van der Waals surface area contributed by atoms with Crippen LogP contribution < -0.4 is 5.73 Å². The third-order valence-electron chi connectivity index (χ3n) is 4.32. The summed E-state index contributed by atoms with van der Waals surface area (Å²) in [5, 5.41) is 0. The molecule has 1 saturated carbocycles. The van der Waals surface area contributed by atoms with Crippen LogP contribution in [-0.2, 0) is 9.84 Å². The molecule has 3 nitrogen and oxygen atoms in total. The average molecular weight is 245 g/mol. The molecule has 0 bridgehead atoms. The number of sulfone groups is 1. The summed E-state index contributed by atoms with van der Waals surface area (Å²) in [6.45, 7) is 0. The van der Waals surface area contributed by atoms with Gasteiger partial charge in [0.05, 0.1) is 11.5 Å². The zero-order valence-corrected chi connectivity index (χ0v) is 10.8. The van der Waals surface area contributed by atoms with Crippen LogP contribution in [0.4, 0.5) is 0 Å². The van der Waals surface area contributed by atoms with Gasteiger partial charge in [0.15, 0.2) is 0 Å². The highest BCUT2D eigenvalue weighted by Gasteiger charge is 2.31. The Balaban J connectivity index is 1.75. The largest absolute Gasteiger partial charge is 0.325 e. The van der Waals surface area contributed by atoms with Crippen molar-refractivity contribution < 1.29 is 8.42 Å². The third-order valence-corrected chi connectivity index (χ3v) is 6.04. The van der Waals surface area contributed by atoms with Gasteiger partial charge in [-0.15, -0.1) is 0 Å². The molecule has 2 aliphatic rings. The van der Waals surface area contributed by atoms with E-state index in [1.165, 1.54) is 12.8 Å². The maximum Gasteiger partial charge on any atom is 0.150 e. The zero-order valence-electron chi connectivity index (χ0n) is 9.95. The van der Waals surface area contributed by atoms with E-state index in [1.807, 2.05) is 0 Å². The second-order valence-electron chi connectivity index (χ2n) is 5.70. The summed E-state index contributed by atoms with van der Waals surface area (Å²) < 4.78 is 22.6. The van der Waals surface area contributed by atoms with E-state index < -0.39 is 9.84 Å². The first-order valence-corrected chi connectivity index (χ1v) is 8.31. The lowest BCUT2D eigenvalue weighted by Gasteiger charge is -2.28. The van der Waals surface area contributed by atoms with Gasteiger partial charge in [-0.2, -0.15) is 0 Å². The topological polar surface area (TPSA) is 60.2 Å². The number of hydrogen-bond donors (Lipinski definition) is 1. The van der Waals surface area contributed by atoms with Gasteiger partial charge in [0.1, 0.15) is 9.84 Å². The van der Waals surface area contributed by atoms with Crippen LogP contribution in [0.3, 0.4) is 0 Å². The average Bonchev–Trinajstić information content (AvgIpc) is 2.64. The first-order chi connectivity index (χ1) is 7.49. The first-order valence-electron chi connectivity index (χ1n) is 6.48. The molecule has 2 rings (SSSR count). The third kappa shape index (κ3) is 3.20. The molecular weight excluding hydrogens is 222 g/mol. The van der Waals surface area contributed by atoms with E-state index in [1.54, 1.807) is 0 Å². The van der Waals surface area contributed by atoms with Crippen LogP contribution in [0.15, 0.2) is 0 Å². The Hall–Kier alpha value is -0.0900. The lowest BCUT2D eigenvalue weighted by atomic mass is 9.86. The van der Waals surface area contributed by atoms with E-state index in [9.17, 15) is 8.42 Å². The first kappa shape index (κ1) is 12.4. The standard InChI is InChI=1S/C12H23NO2S/c13-12(6-1-2-7-12)8-3-11-4-9-16(14,15)10-5-11/h11H,1-10,13H2. The van der Waals surface area contributed by atoms with Crippen molar-refractivity contribution in [3.8, 4) is 0 Å². The predicted molar refractivity (Wildman–Crippen MR) is 66.0 cm³/mol. The molecule has 0 spiro atoms. The van der Waals surface area contributed by atoms with Gasteiger partial charge in [0, 0.05) is 5.54 Å². The molecule has 0 aromatic heterocycles. The molecule has 94 valence electrons. The van der Waals surface area contributed by atoms with Crippen molar-refractivity contribution in [1.29, 1.82) is 0 Å². The summed E-state index contributed by atoms with van der Waals surface area (Å²) >= 11 is 0. The van der Waals surface area contributed by atoms with Crippen molar-refractivity contribution in [2.75, 3.05) is 11.5 Å². The minimum absolute atomic E-state index is 0.0797. The Bertz CT molecular complexity index is 317. The van der Waals surface area contributed by atoms with Gasteiger partial charge < -0.3 is 5.73 Å². The van der Waals surface area contributed by atoms with Gasteiger partial charge in [0.2, 0.25) is 0 Å². The molecule has 0 unspecified atom stereocenters. The van der Waals surface area contributed by atoms with Crippen LogP contribution in [0.2, 0.25) is 0 Å². The second kappa shape index (κ2) is 4.65. The molecule has 0 radical (unpaired) electrons. The molecule has 2 N–H and O–H groups in total. The summed E-state index contributed by atoms with van der Waals surface area (Å²) in [7, 11) is -2.70. The second-order valence-corrected chi connectivity index (χ2v) is 8.01. The van der Waals surface area contributed by atoms with E-state index >= 15 is 0 Å². The Morgan fingerprint density at radius 3 is 2.25 bits per heavy atom. The minimum atomic E-state index is -2.70. The molecule has 2 fully saturated rings. The van der Waals surface area contributed by atoms with Crippen LogP contribution in [0.25, 0.3) is 0 Å². The van der Waals surface area contributed by atoms with E-state index in [4.69, 9.17) is 5.73 Å². The predicted octanol–water partition coefficient (Wildman–Crippen LogP) is 1.86. The van der Waals surface area contributed by atoms with Crippen LogP contribution in [0, 0.1) is 5.92 Å². The number of rotatable bonds is 3. The van der Waals surface area contributed by atoms with E-state index in [0.717, 1.165) is 38.5 Å². The Labute approximate surface area is 98.7 Å². The smallest absolute Gasteiger partial charge is 0.150 e. The quantitative estimate of drug-likeness (QED) is 0.825. The van der Waals surface area contributed by atoms with Gasteiger partial charge in [-0.3, -0.25) is 0 Å². The zero-order chi connectivity index (χ0) is 11.6. The molecule has 0 aromatic rings. The summed E-state index contributed by atoms with van der Waals surface area (Å²) in [4.78, 5) is 0. The molecule has 1 saturated heterocycles. The summed E-state index contributed by atoms with van der Waals surface area (Å²) in [5.74, 6) is 1.40. The molecule has 1 aliphatic heterocycles. The molecule has 1 aliphatic carbocycles. The highest BCUT2D eigenvalue weighted by molar-refractivity contribution is 7.91. The fourth-order valence-electron chi connectivity index (χ4n) is 3.05. The van der Waals surface area contributed by atoms with Crippen molar-refractivity contribution >= 4 is 9.84 Å². The normalized spacial score (nSPS) is 29.3. The molecule has 16 heavy (non-hydrogen) atoms. The Morgan fingerprint density at radius 2 is 1.69 bits per heavy atom. The van der Waals surface area contributed by atoms with Crippen molar-refractivity contribution in [3.63, 3.8) is 0 Å². The highest BCUT2D eigenvalue weighted by Crippen LogP contribution is 2.34. The van der Waals surface area contributed by atoms with Gasteiger partial charge >= 0.3 is 0 Å². The van der Waals surface area contributed by atoms with Crippen molar-refractivity contribution in [2.24, 2.45) is 11.7 Å². The van der Waals surface area contributed by atoms with E-state index in [-0.39, 0.29) is 5.54 Å². The van der Waals surface area contributed by atoms with Crippen molar-refractivity contribution in [1.82, 2.24) is 0 Å². The SMILES string of the molecule is NC1(CCC2CCS(=O)(=O)CC2)CCCC1. The summed E-state index contributed by atoms with van der Waals surface area (Å²) in [5.41, 5.74) is 6.39.